The minimum atomic E-state index is -0.295. The molecule has 18 heavy (non-hydrogen) atoms. The van der Waals surface area contributed by atoms with Crippen molar-refractivity contribution in [3.63, 3.8) is 0 Å². The number of rotatable bonds is 3. The van der Waals surface area contributed by atoms with E-state index in [0.717, 1.165) is 17.7 Å². The Kier molecular flexibility index (Phi) is 3.79. The molecule has 2 rings (SSSR count). The molecule has 0 N–H and O–H groups in total. The molecule has 2 aliphatic rings. The molecule has 0 radical (unpaired) electrons. The van der Waals surface area contributed by atoms with Crippen LogP contribution in [0.4, 0.5) is 0 Å². The zero-order valence-electron chi connectivity index (χ0n) is 10.6. The number of ether oxygens (including phenoxy) is 1. The van der Waals surface area contributed by atoms with Crippen LogP contribution in [0.2, 0.25) is 0 Å². The molecule has 0 saturated heterocycles. The van der Waals surface area contributed by atoms with Crippen molar-refractivity contribution in [2.24, 2.45) is 11.1 Å². The zero-order chi connectivity index (χ0) is 13.1. The third kappa shape index (κ3) is 2.60. The van der Waals surface area contributed by atoms with Crippen molar-refractivity contribution < 1.29 is 19.2 Å². The quantitative estimate of drug-likeness (QED) is 0.715. The highest BCUT2D eigenvalue weighted by Gasteiger charge is 2.34. The smallest absolute Gasteiger partial charge is 0.309 e. The molecule has 0 spiro atoms. The number of hydrogen-bond acceptors (Lipinski definition) is 5. The summed E-state index contributed by atoms with van der Waals surface area (Å²) in [6, 6.07) is 0. The minimum absolute atomic E-state index is 0.0588. The molecule has 2 atom stereocenters. The number of carbonyl (C=O) groups is 2. The van der Waals surface area contributed by atoms with Gasteiger partial charge in [0.05, 0.1) is 19.2 Å². The van der Waals surface area contributed by atoms with E-state index in [2.05, 4.69) is 9.89 Å². The van der Waals surface area contributed by atoms with Gasteiger partial charge in [0, 0.05) is 18.8 Å². The van der Waals surface area contributed by atoms with Gasteiger partial charge in [0.25, 0.3) is 0 Å². The summed E-state index contributed by atoms with van der Waals surface area (Å²) in [5, 5.41) is 4.06. The van der Waals surface area contributed by atoms with Crippen LogP contribution in [0.25, 0.3) is 0 Å². The first kappa shape index (κ1) is 12.8. The highest BCUT2D eigenvalue weighted by molar-refractivity contribution is 6.04. The van der Waals surface area contributed by atoms with Crippen LogP contribution in [0, 0.1) is 5.92 Å². The second-order valence-electron chi connectivity index (χ2n) is 4.66. The van der Waals surface area contributed by atoms with E-state index in [1.165, 1.54) is 7.11 Å². The number of carbonyl (C=O) groups excluding carboxylic acids is 2. The Hall–Kier alpha value is -1.65. The van der Waals surface area contributed by atoms with E-state index in [0.29, 0.717) is 12.8 Å². The molecular formula is C13H17NO4. The Morgan fingerprint density at radius 2 is 2.33 bits per heavy atom. The summed E-state index contributed by atoms with van der Waals surface area (Å²) in [6.07, 6.45) is 3.63. The number of Topliss-reactive ketones (excluding diaryl/α,β-unsaturated/α-hetero) is 1. The summed E-state index contributed by atoms with van der Waals surface area (Å²) in [5.41, 5.74) is 1.95. The first-order chi connectivity index (χ1) is 8.61. The van der Waals surface area contributed by atoms with E-state index in [1.807, 2.05) is 13.0 Å². The SMILES string of the molecule is COC(=O)CC1ON=C(C2=CCC(=O)CC2)C1C. The van der Waals surface area contributed by atoms with Gasteiger partial charge in [-0.2, -0.15) is 0 Å². The Bertz CT molecular complexity index is 425. The number of methoxy groups -OCH3 is 1. The average molecular weight is 251 g/mol. The largest absolute Gasteiger partial charge is 0.469 e. The summed E-state index contributed by atoms with van der Waals surface area (Å²) in [7, 11) is 1.36. The number of nitrogens with zero attached hydrogens (tertiary/aromatic N) is 1. The van der Waals surface area contributed by atoms with Crippen LogP contribution in [0.1, 0.15) is 32.6 Å². The van der Waals surface area contributed by atoms with Gasteiger partial charge in [-0.05, 0) is 12.0 Å². The lowest BCUT2D eigenvalue weighted by molar-refractivity contribution is -0.143. The van der Waals surface area contributed by atoms with Crippen LogP contribution in [0.15, 0.2) is 16.8 Å². The summed E-state index contributed by atoms with van der Waals surface area (Å²) in [5.74, 6) is 0.0247. The molecule has 0 bridgehead atoms. The fourth-order valence-electron chi connectivity index (χ4n) is 2.24. The molecule has 0 saturated carbocycles. The third-order valence-corrected chi connectivity index (χ3v) is 3.45. The summed E-state index contributed by atoms with van der Waals surface area (Å²) < 4.78 is 4.63. The number of oxime groups is 1. The Labute approximate surface area is 106 Å². The summed E-state index contributed by atoms with van der Waals surface area (Å²) in [6.45, 7) is 1.98. The second-order valence-corrected chi connectivity index (χ2v) is 4.66. The molecular weight excluding hydrogens is 234 g/mol. The van der Waals surface area contributed by atoms with Gasteiger partial charge >= 0.3 is 5.97 Å². The van der Waals surface area contributed by atoms with Crippen LogP contribution in [0.5, 0.6) is 0 Å². The lowest BCUT2D eigenvalue weighted by Crippen LogP contribution is -2.25. The van der Waals surface area contributed by atoms with Gasteiger partial charge in [0.15, 0.2) is 0 Å². The topological polar surface area (TPSA) is 65.0 Å². The van der Waals surface area contributed by atoms with Gasteiger partial charge in [-0.3, -0.25) is 9.59 Å². The Morgan fingerprint density at radius 3 is 2.94 bits per heavy atom. The van der Waals surface area contributed by atoms with E-state index in [4.69, 9.17) is 4.84 Å². The molecule has 98 valence electrons. The van der Waals surface area contributed by atoms with Crippen LogP contribution in [0.3, 0.4) is 0 Å². The molecule has 0 aromatic rings. The van der Waals surface area contributed by atoms with E-state index in [9.17, 15) is 9.59 Å². The molecule has 5 nitrogen and oxygen atoms in total. The van der Waals surface area contributed by atoms with Crippen molar-refractivity contribution in [1.29, 1.82) is 0 Å². The molecule has 0 amide bonds. The molecule has 0 aromatic carbocycles. The maximum Gasteiger partial charge on any atom is 0.309 e. The van der Waals surface area contributed by atoms with E-state index in [1.54, 1.807) is 0 Å². The van der Waals surface area contributed by atoms with Crippen LogP contribution in [-0.2, 0) is 19.2 Å². The molecule has 1 heterocycles. The van der Waals surface area contributed by atoms with Gasteiger partial charge in [-0.25, -0.2) is 0 Å². The van der Waals surface area contributed by atoms with Gasteiger partial charge in [-0.15, -0.1) is 0 Å². The van der Waals surface area contributed by atoms with Crippen molar-refractivity contribution in [2.45, 2.75) is 38.7 Å². The highest BCUT2D eigenvalue weighted by atomic mass is 16.6. The Balaban J connectivity index is 2.00. The maximum atomic E-state index is 11.2. The standard InChI is InChI=1S/C13H17NO4/c1-8-11(7-12(16)17-2)18-14-13(8)9-3-5-10(15)6-4-9/h3,8,11H,4-7H2,1-2H3. The fraction of sp³-hybridized carbons (Fsp3) is 0.615. The molecule has 0 fully saturated rings. The number of allylic oxidation sites excluding steroid dienone is 2. The second kappa shape index (κ2) is 5.33. The molecule has 5 heteroatoms. The van der Waals surface area contributed by atoms with Crippen molar-refractivity contribution in [2.75, 3.05) is 7.11 Å². The summed E-state index contributed by atoms with van der Waals surface area (Å²) in [4.78, 5) is 27.7. The van der Waals surface area contributed by atoms with Gasteiger partial charge in [0.2, 0.25) is 0 Å². The first-order valence-electron chi connectivity index (χ1n) is 6.13. The number of hydrogen-bond donors (Lipinski definition) is 0. The number of ketones is 1. The highest BCUT2D eigenvalue weighted by Crippen LogP contribution is 2.29. The molecule has 2 unspecified atom stereocenters. The molecule has 0 aromatic heterocycles. The van der Waals surface area contributed by atoms with Gasteiger partial charge in [0.1, 0.15) is 11.9 Å². The number of esters is 1. The first-order valence-corrected chi connectivity index (χ1v) is 6.13. The van der Waals surface area contributed by atoms with E-state index < -0.39 is 0 Å². The molecule has 1 aliphatic carbocycles. The van der Waals surface area contributed by atoms with Crippen molar-refractivity contribution in [1.82, 2.24) is 0 Å². The average Bonchev–Trinajstić information content (AvgIpc) is 2.72. The minimum Gasteiger partial charge on any atom is -0.469 e. The predicted molar refractivity (Wildman–Crippen MR) is 65.0 cm³/mol. The van der Waals surface area contributed by atoms with E-state index in [-0.39, 0.29) is 30.2 Å². The lowest BCUT2D eigenvalue weighted by Gasteiger charge is -2.16. The van der Waals surface area contributed by atoms with Crippen molar-refractivity contribution in [3.05, 3.63) is 11.6 Å². The van der Waals surface area contributed by atoms with Crippen molar-refractivity contribution >= 4 is 17.5 Å². The monoisotopic (exact) mass is 251 g/mol. The zero-order valence-corrected chi connectivity index (χ0v) is 10.6. The Morgan fingerprint density at radius 1 is 1.56 bits per heavy atom. The van der Waals surface area contributed by atoms with Crippen LogP contribution >= 0.6 is 0 Å². The normalized spacial score (nSPS) is 27.3. The van der Waals surface area contributed by atoms with Gasteiger partial charge < -0.3 is 9.57 Å². The van der Waals surface area contributed by atoms with Crippen LogP contribution in [-0.4, -0.2) is 30.7 Å². The third-order valence-electron chi connectivity index (χ3n) is 3.45. The molecule has 1 aliphatic heterocycles. The fourth-order valence-corrected chi connectivity index (χ4v) is 2.24. The van der Waals surface area contributed by atoms with Gasteiger partial charge in [-0.1, -0.05) is 18.2 Å². The van der Waals surface area contributed by atoms with Crippen LogP contribution < -0.4 is 0 Å². The maximum absolute atomic E-state index is 11.2. The predicted octanol–water partition coefficient (Wildman–Crippen LogP) is 1.62. The summed E-state index contributed by atoms with van der Waals surface area (Å²) >= 11 is 0. The lowest BCUT2D eigenvalue weighted by atomic mass is 9.87. The van der Waals surface area contributed by atoms with Crippen molar-refractivity contribution in [3.8, 4) is 0 Å². The van der Waals surface area contributed by atoms with E-state index >= 15 is 0 Å².